The van der Waals surface area contributed by atoms with Crippen molar-refractivity contribution in [3.05, 3.63) is 30.1 Å². The summed E-state index contributed by atoms with van der Waals surface area (Å²) < 4.78 is 40.1. The second-order valence-electron chi connectivity index (χ2n) is 4.61. The second kappa shape index (κ2) is 6.42. The number of alkyl halides is 3. The first-order chi connectivity index (χ1) is 9.93. The van der Waals surface area contributed by atoms with E-state index in [9.17, 15) is 18.3 Å². The summed E-state index contributed by atoms with van der Waals surface area (Å²) >= 11 is 0. The van der Waals surface area contributed by atoms with Gasteiger partial charge in [0.25, 0.3) is 0 Å². The van der Waals surface area contributed by atoms with Crippen molar-refractivity contribution in [2.24, 2.45) is 0 Å². The van der Waals surface area contributed by atoms with E-state index >= 15 is 0 Å². The summed E-state index contributed by atoms with van der Waals surface area (Å²) in [7, 11) is 0. The van der Waals surface area contributed by atoms with Gasteiger partial charge >= 0.3 is 6.18 Å². The second-order valence-corrected chi connectivity index (χ2v) is 4.61. The number of fused-ring (bicyclic) bond motifs is 1. The molecule has 3 N–H and O–H groups in total. The molecule has 0 aliphatic carbocycles. The molecule has 0 saturated carbocycles. The predicted molar refractivity (Wildman–Crippen MR) is 70.7 cm³/mol. The fourth-order valence-electron chi connectivity index (χ4n) is 2.10. The highest BCUT2D eigenvalue weighted by molar-refractivity contribution is 5.76. The first-order valence-corrected chi connectivity index (χ1v) is 6.45. The Balaban J connectivity index is 2.28. The smallest absolute Gasteiger partial charge is 0.395 e. The van der Waals surface area contributed by atoms with Crippen LogP contribution in [-0.2, 0) is 12.7 Å². The van der Waals surface area contributed by atoms with E-state index in [0.29, 0.717) is 5.52 Å². The van der Waals surface area contributed by atoms with Crippen molar-refractivity contribution in [1.29, 1.82) is 0 Å². The zero-order valence-corrected chi connectivity index (χ0v) is 11.1. The summed E-state index contributed by atoms with van der Waals surface area (Å²) in [5, 5.41) is 21.2. The maximum Gasteiger partial charge on any atom is 0.449 e. The molecule has 1 unspecified atom stereocenters. The lowest BCUT2D eigenvalue weighted by Gasteiger charge is -2.16. The third-order valence-electron chi connectivity index (χ3n) is 2.97. The number of hydrogen-bond acceptors (Lipinski definition) is 4. The monoisotopic (exact) mass is 303 g/mol. The van der Waals surface area contributed by atoms with Crippen LogP contribution in [0.1, 0.15) is 5.82 Å². The number of imidazole rings is 1. The lowest BCUT2D eigenvalue weighted by Crippen LogP contribution is -2.33. The minimum absolute atomic E-state index is 0.0877. The number of nitrogens with one attached hydrogen (secondary N) is 1. The molecule has 0 aliphatic heterocycles. The number of nitrogens with zero attached hydrogens (tertiary/aromatic N) is 2. The minimum Gasteiger partial charge on any atom is -0.395 e. The molecule has 0 amide bonds. The first kappa shape index (κ1) is 15.7. The van der Waals surface area contributed by atoms with Gasteiger partial charge in [-0.05, 0) is 12.1 Å². The van der Waals surface area contributed by atoms with Crippen LogP contribution in [0.4, 0.5) is 13.2 Å². The summed E-state index contributed by atoms with van der Waals surface area (Å²) in [6.45, 7) is 0.0283. The number of rotatable bonds is 6. The largest absolute Gasteiger partial charge is 0.449 e. The molecule has 0 spiro atoms. The topological polar surface area (TPSA) is 70.3 Å². The summed E-state index contributed by atoms with van der Waals surface area (Å²) in [5.41, 5.74) is 0.561. The van der Waals surface area contributed by atoms with Gasteiger partial charge in [0.2, 0.25) is 5.82 Å². The normalized spacial score (nSPS) is 13.8. The summed E-state index contributed by atoms with van der Waals surface area (Å²) in [6.07, 6.45) is -5.60. The summed E-state index contributed by atoms with van der Waals surface area (Å²) in [6, 6.07) is 6.26. The fourth-order valence-corrected chi connectivity index (χ4v) is 2.10. The van der Waals surface area contributed by atoms with Crippen LogP contribution in [0, 0.1) is 0 Å². The van der Waals surface area contributed by atoms with Crippen LogP contribution >= 0.6 is 0 Å². The molecule has 116 valence electrons. The van der Waals surface area contributed by atoms with E-state index in [1.165, 1.54) is 12.1 Å². The van der Waals surface area contributed by atoms with Crippen molar-refractivity contribution in [3.63, 3.8) is 0 Å². The molecule has 8 heteroatoms. The van der Waals surface area contributed by atoms with E-state index in [1.54, 1.807) is 12.1 Å². The maximum atomic E-state index is 13.0. The van der Waals surface area contributed by atoms with Gasteiger partial charge in [0.1, 0.15) is 0 Å². The molecule has 1 aromatic heterocycles. The number of halogens is 3. The molecule has 2 rings (SSSR count). The first-order valence-electron chi connectivity index (χ1n) is 6.45. The number of aliphatic hydroxyl groups excluding tert-OH is 2. The third kappa shape index (κ3) is 3.72. The number of para-hydroxylation sites is 2. The van der Waals surface area contributed by atoms with Gasteiger partial charge in [0, 0.05) is 13.1 Å². The van der Waals surface area contributed by atoms with Gasteiger partial charge in [-0.2, -0.15) is 13.2 Å². The van der Waals surface area contributed by atoms with Crippen molar-refractivity contribution in [1.82, 2.24) is 14.9 Å². The molecule has 1 aromatic carbocycles. The lowest BCUT2D eigenvalue weighted by molar-refractivity contribution is -0.147. The van der Waals surface area contributed by atoms with E-state index in [0.717, 1.165) is 4.57 Å². The van der Waals surface area contributed by atoms with Crippen LogP contribution in [0.3, 0.4) is 0 Å². The van der Waals surface area contributed by atoms with Gasteiger partial charge in [0.15, 0.2) is 0 Å². The average Bonchev–Trinajstić information content (AvgIpc) is 2.78. The highest BCUT2D eigenvalue weighted by Gasteiger charge is 2.37. The molecule has 0 aliphatic rings. The third-order valence-corrected chi connectivity index (χ3v) is 2.97. The van der Waals surface area contributed by atoms with Gasteiger partial charge < -0.3 is 20.1 Å². The van der Waals surface area contributed by atoms with E-state index in [-0.39, 0.29) is 31.8 Å². The van der Waals surface area contributed by atoms with Crippen LogP contribution in [0.25, 0.3) is 11.0 Å². The van der Waals surface area contributed by atoms with Crippen LogP contribution in [-0.4, -0.2) is 45.6 Å². The van der Waals surface area contributed by atoms with E-state index in [2.05, 4.69) is 10.3 Å². The Kier molecular flexibility index (Phi) is 4.81. The van der Waals surface area contributed by atoms with Crippen molar-refractivity contribution in [2.75, 3.05) is 19.7 Å². The fraction of sp³-hybridized carbons (Fsp3) is 0.462. The summed E-state index contributed by atoms with van der Waals surface area (Å²) in [5.74, 6) is -1.02. The molecule has 0 radical (unpaired) electrons. The van der Waals surface area contributed by atoms with E-state index < -0.39 is 18.1 Å². The van der Waals surface area contributed by atoms with Crippen molar-refractivity contribution >= 4 is 11.0 Å². The zero-order valence-electron chi connectivity index (χ0n) is 11.1. The Labute approximate surface area is 119 Å². The molecule has 0 saturated heterocycles. The quantitative estimate of drug-likeness (QED) is 0.696. The van der Waals surface area contributed by atoms with Crippen molar-refractivity contribution in [2.45, 2.75) is 18.8 Å². The Morgan fingerprint density at radius 1 is 1.29 bits per heavy atom. The van der Waals surface area contributed by atoms with Gasteiger partial charge in [-0.1, -0.05) is 12.1 Å². The number of aliphatic hydroxyl groups is 2. The standard InChI is InChI=1S/C13H16F3N3O2/c14-13(15,16)12-18-10-3-1-2-4-11(10)19(12)8-9(21)7-17-5-6-20/h1-4,9,17,20-21H,5-8H2. The van der Waals surface area contributed by atoms with Crippen molar-refractivity contribution < 1.29 is 23.4 Å². The maximum absolute atomic E-state index is 13.0. The number of benzene rings is 1. The van der Waals surface area contributed by atoms with E-state index in [4.69, 9.17) is 5.11 Å². The highest BCUT2D eigenvalue weighted by atomic mass is 19.4. The van der Waals surface area contributed by atoms with Gasteiger partial charge in [-0.3, -0.25) is 0 Å². The molecule has 0 bridgehead atoms. The molecule has 0 fully saturated rings. The summed E-state index contributed by atoms with van der Waals surface area (Å²) in [4.78, 5) is 3.60. The highest BCUT2D eigenvalue weighted by Crippen LogP contribution is 2.31. The lowest BCUT2D eigenvalue weighted by atomic mass is 10.3. The molecular weight excluding hydrogens is 287 g/mol. The molecule has 2 aromatic rings. The Hall–Kier alpha value is -1.64. The van der Waals surface area contributed by atoms with Crippen molar-refractivity contribution in [3.8, 4) is 0 Å². The van der Waals surface area contributed by atoms with Gasteiger partial charge in [-0.15, -0.1) is 0 Å². The average molecular weight is 303 g/mol. The molecule has 1 atom stereocenters. The van der Waals surface area contributed by atoms with E-state index in [1.807, 2.05) is 0 Å². The molecule has 21 heavy (non-hydrogen) atoms. The molecule has 1 heterocycles. The molecule has 5 nitrogen and oxygen atoms in total. The van der Waals surface area contributed by atoms with Gasteiger partial charge in [-0.25, -0.2) is 4.98 Å². The van der Waals surface area contributed by atoms with Crippen LogP contribution in [0.2, 0.25) is 0 Å². The number of hydrogen-bond donors (Lipinski definition) is 3. The Bertz CT molecular complexity index is 598. The zero-order chi connectivity index (χ0) is 15.5. The predicted octanol–water partition coefficient (Wildman–Crippen LogP) is 0.998. The SMILES string of the molecule is OCCNCC(O)Cn1c(C(F)(F)F)nc2ccccc21. The number of aromatic nitrogens is 2. The Morgan fingerprint density at radius 2 is 2.00 bits per heavy atom. The van der Waals surface area contributed by atoms with Crippen LogP contribution in [0.5, 0.6) is 0 Å². The van der Waals surface area contributed by atoms with Crippen LogP contribution < -0.4 is 5.32 Å². The molecular formula is C13H16F3N3O2. The Morgan fingerprint density at radius 3 is 2.67 bits per heavy atom. The van der Waals surface area contributed by atoms with Gasteiger partial charge in [0.05, 0.1) is 30.3 Å². The van der Waals surface area contributed by atoms with Crippen LogP contribution in [0.15, 0.2) is 24.3 Å². The minimum atomic E-state index is -4.59.